The molecule has 130 valence electrons. The molecular formula is C19H31NO3. The summed E-state index contributed by atoms with van der Waals surface area (Å²) in [6.45, 7) is 2.52. The van der Waals surface area contributed by atoms with E-state index in [0.29, 0.717) is 6.42 Å². The summed E-state index contributed by atoms with van der Waals surface area (Å²) in [5.74, 6) is 0. The average Bonchev–Trinajstić information content (AvgIpc) is 2.55. The van der Waals surface area contributed by atoms with E-state index in [4.69, 9.17) is 4.74 Å². The molecule has 1 heterocycles. The third-order valence-electron chi connectivity index (χ3n) is 4.68. The smallest absolute Gasteiger partial charge is 0.109 e. The first kappa shape index (κ1) is 18.4. The van der Waals surface area contributed by atoms with Crippen LogP contribution in [0.3, 0.4) is 0 Å². The van der Waals surface area contributed by atoms with E-state index in [2.05, 4.69) is 29.2 Å². The standard InChI is InChI=1S/C19H31NO3/c1-23-14-11-17-8-6-16(7-9-17)5-3-2-4-12-20-13-10-18(21)15-19(20)22/h6-9,18-19,21-22H,2-5,10-15H2,1H3. The molecule has 4 nitrogen and oxygen atoms in total. The molecule has 1 aromatic rings. The van der Waals surface area contributed by atoms with Gasteiger partial charge >= 0.3 is 0 Å². The van der Waals surface area contributed by atoms with Gasteiger partial charge in [-0.3, -0.25) is 4.90 Å². The molecule has 0 aromatic heterocycles. The SMILES string of the molecule is COCCc1ccc(CCCCCN2CCC(O)CC2O)cc1. The van der Waals surface area contributed by atoms with Crippen LogP contribution in [0, 0.1) is 0 Å². The number of likely N-dealkylation sites (tertiary alicyclic amines) is 1. The van der Waals surface area contributed by atoms with Crippen molar-refractivity contribution in [2.45, 2.75) is 57.3 Å². The molecule has 0 spiro atoms. The number of nitrogens with zero attached hydrogens (tertiary/aromatic N) is 1. The van der Waals surface area contributed by atoms with Gasteiger partial charge in [-0.25, -0.2) is 0 Å². The Balaban J connectivity index is 1.58. The predicted molar refractivity (Wildman–Crippen MR) is 92.4 cm³/mol. The highest BCUT2D eigenvalue weighted by Crippen LogP contribution is 2.17. The molecule has 1 saturated heterocycles. The van der Waals surface area contributed by atoms with Gasteiger partial charge in [-0.2, -0.15) is 0 Å². The Hall–Kier alpha value is -0.940. The van der Waals surface area contributed by atoms with Crippen LogP contribution in [0.4, 0.5) is 0 Å². The van der Waals surface area contributed by atoms with Crippen molar-refractivity contribution in [3.05, 3.63) is 35.4 Å². The van der Waals surface area contributed by atoms with Crippen LogP contribution < -0.4 is 0 Å². The molecule has 1 aromatic carbocycles. The second kappa shape index (κ2) is 10.0. The lowest BCUT2D eigenvalue weighted by Gasteiger charge is -2.34. The molecule has 1 aliphatic heterocycles. The van der Waals surface area contributed by atoms with Gasteiger partial charge in [0.05, 0.1) is 12.7 Å². The zero-order chi connectivity index (χ0) is 16.5. The lowest BCUT2D eigenvalue weighted by molar-refractivity contribution is -0.0672. The van der Waals surface area contributed by atoms with Gasteiger partial charge in [-0.15, -0.1) is 0 Å². The van der Waals surface area contributed by atoms with E-state index >= 15 is 0 Å². The Bertz CT molecular complexity index is 435. The van der Waals surface area contributed by atoms with Crippen LogP contribution in [0.15, 0.2) is 24.3 Å². The van der Waals surface area contributed by atoms with Crippen LogP contribution in [0.2, 0.25) is 0 Å². The minimum atomic E-state index is -0.460. The first-order chi connectivity index (χ1) is 11.2. The molecule has 2 unspecified atom stereocenters. The third kappa shape index (κ3) is 6.60. The molecule has 2 N–H and O–H groups in total. The summed E-state index contributed by atoms with van der Waals surface area (Å²) in [6, 6.07) is 8.84. The van der Waals surface area contributed by atoms with Crippen LogP contribution in [0.1, 0.15) is 43.2 Å². The van der Waals surface area contributed by atoms with Crippen molar-refractivity contribution in [1.82, 2.24) is 4.90 Å². The quantitative estimate of drug-likeness (QED) is 0.686. The molecule has 0 amide bonds. The summed E-state index contributed by atoms with van der Waals surface area (Å²) in [5.41, 5.74) is 2.73. The maximum Gasteiger partial charge on any atom is 0.109 e. The van der Waals surface area contributed by atoms with Crippen molar-refractivity contribution < 1.29 is 14.9 Å². The number of aryl methyl sites for hydroxylation is 1. The van der Waals surface area contributed by atoms with Gasteiger partial charge in [-0.1, -0.05) is 30.7 Å². The number of aliphatic hydroxyl groups excluding tert-OH is 2. The summed E-state index contributed by atoms with van der Waals surface area (Å²) < 4.78 is 5.10. The number of hydrogen-bond donors (Lipinski definition) is 2. The normalized spacial score (nSPS) is 22.4. The highest BCUT2D eigenvalue weighted by molar-refractivity contribution is 5.22. The topological polar surface area (TPSA) is 52.9 Å². The lowest BCUT2D eigenvalue weighted by atomic mass is 10.0. The number of piperidine rings is 1. The minimum absolute atomic E-state index is 0.326. The van der Waals surface area contributed by atoms with Crippen LogP contribution in [0.5, 0.6) is 0 Å². The number of hydrogen-bond acceptors (Lipinski definition) is 4. The van der Waals surface area contributed by atoms with Crippen LogP contribution in [-0.2, 0) is 17.6 Å². The molecule has 2 rings (SSSR count). The van der Waals surface area contributed by atoms with Crippen LogP contribution >= 0.6 is 0 Å². The number of ether oxygens (including phenoxy) is 1. The van der Waals surface area contributed by atoms with Gasteiger partial charge in [0.15, 0.2) is 0 Å². The van der Waals surface area contributed by atoms with Crippen LogP contribution in [-0.4, -0.2) is 54.3 Å². The monoisotopic (exact) mass is 321 g/mol. The van der Waals surface area contributed by atoms with E-state index in [9.17, 15) is 10.2 Å². The highest BCUT2D eigenvalue weighted by Gasteiger charge is 2.24. The zero-order valence-corrected chi connectivity index (χ0v) is 14.3. The number of unbranched alkanes of at least 4 members (excludes halogenated alkanes) is 2. The molecule has 1 aliphatic rings. The highest BCUT2D eigenvalue weighted by atomic mass is 16.5. The van der Waals surface area contributed by atoms with Gasteiger partial charge in [-0.05, 0) is 43.2 Å². The Kier molecular flexibility index (Phi) is 8.03. The van der Waals surface area contributed by atoms with Crippen molar-refractivity contribution in [1.29, 1.82) is 0 Å². The largest absolute Gasteiger partial charge is 0.393 e. The van der Waals surface area contributed by atoms with Crippen molar-refractivity contribution >= 4 is 0 Å². The Morgan fingerprint density at radius 3 is 2.39 bits per heavy atom. The lowest BCUT2D eigenvalue weighted by Crippen LogP contribution is -2.44. The summed E-state index contributed by atoms with van der Waals surface area (Å²) in [6.07, 6.45) is 6.06. The van der Waals surface area contributed by atoms with E-state index < -0.39 is 6.23 Å². The molecule has 0 radical (unpaired) electrons. The third-order valence-corrected chi connectivity index (χ3v) is 4.68. The van der Waals surface area contributed by atoms with Crippen molar-refractivity contribution in [2.24, 2.45) is 0 Å². The number of aliphatic hydroxyl groups is 2. The van der Waals surface area contributed by atoms with E-state index in [-0.39, 0.29) is 6.10 Å². The average molecular weight is 321 g/mol. The van der Waals surface area contributed by atoms with Gasteiger partial charge in [0.25, 0.3) is 0 Å². The predicted octanol–water partition coefficient (Wildman–Crippen LogP) is 2.36. The minimum Gasteiger partial charge on any atom is -0.393 e. The molecule has 0 bridgehead atoms. The fourth-order valence-electron chi connectivity index (χ4n) is 3.15. The van der Waals surface area contributed by atoms with Crippen molar-refractivity contribution in [3.8, 4) is 0 Å². The molecule has 2 atom stereocenters. The van der Waals surface area contributed by atoms with Crippen LogP contribution in [0.25, 0.3) is 0 Å². The fourth-order valence-corrected chi connectivity index (χ4v) is 3.15. The second-order valence-electron chi connectivity index (χ2n) is 6.56. The number of methoxy groups -OCH3 is 1. The molecule has 23 heavy (non-hydrogen) atoms. The summed E-state index contributed by atoms with van der Waals surface area (Å²) in [4.78, 5) is 2.09. The Morgan fingerprint density at radius 2 is 1.74 bits per heavy atom. The van der Waals surface area contributed by atoms with Gasteiger partial charge in [0, 0.05) is 26.6 Å². The molecular weight excluding hydrogens is 290 g/mol. The zero-order valence-electron chi connectivity index (χ0n) is 14.3. The first-order valence-corrected chi connectivity index (χ1v) is 8.86. The van der Waals surface area contributed by atoms with E-state index in [1.54, 1.807) is 7.11 Å². The fraction of sp³-hybridized carbons (Fsp3) is 0.684. The molecule has 1 fully saturated rings. The van der Waals surface area contributed by atoms with Gasteiger partial charge in [0.1, 0.15) is 6.23 Å². The van der Waals surface area contributed by atoms with E-state index in [1.165, 1.54) is 24.0 Å². The maximum absolute atomic E-state index is 9.92. The maximum atomic E-state index is 9.92. The van der Waals surface area contributed by atoms with Gasteiger partial charge in [0.2, 0.25) is 0 Å². The number of rotatable bonds is 9. The summed E-state index contributed by atoms with van der Waals surface area (Å²) in [7, 11) is 1.74. The molecule has 0 aliphatic carbocycles. The van der Waals surface area contributed by atoms with Crippen molar-refractivity contribution in [2.75, 3.05) is 26.8 Å². The molecule has 0 saturated carbocycles. The van der Waals surface area contributed by atoms with E-state index in [0.717, 1.165) is 45.4 Å². The summed E-state index contributed by atoms with van der Waals surface area (Å²) >= 11 is 0. The van der Waals surface area contributed by atoms with Crippen molar-refractivity contribution in [3.63, 3.8) is 0 Å². The Morgan fingerprint density at radius 1 is 1.04 bits per heavy atom. The van der Waals surface area contributed by atoms with E-state index in [1.807, 2.05) is 0 Å². The van der Waals surface area contributed by atoms with Gasteiger partial charge < -0.3 is 14.9 Å². The molecule has 4 heteroatoms. The second-order valence-corrected chi connectivity index (χ2v) is 6.56. The first-order valence-electron chi connectivity index (χ1n) is 8.86. The Labute approximate surface area is 140 Å². The number of benzene rings is 1. The summed E-state index contributed by atoms with van der Waals surface area (Å²) in [5, 5.41) is 19.4.